The van der Waals surface area contributed by atoms with Crippen molar-refractivity contribution >= 4 is 17.9 Å². The lowest BCUT2D eigenvalue weighted by molar-refractivity contribution is -0.385. The van der Waals surface area contributed by atoms with Gasteiger partial charge in [0.15, 0.2) is 5.75 Å². The van der Waals surface area contributed by atoms with Crippen LogP contribution < -0.4 is 5.73 Å². The predicted molar refractivity (Wildman–Crippen MR) is 69.1 cm³/mol. The van der Waals surface area contributed by atoms with Crippen molar-refractivity contribution < 1.29 is 10.0 Å². The highest BCUT2D eigenvalue weighted by Crippen LogP contribution is 2.25. The van der Waals surface area contributed by atoms with Gasteiger partial charge in [0.1, 0.15) is 0 Å². The zero-order valence-electron chi connectivity index (χ0n) is 10.0. The van der Waals surface area contributed by atoms with Crippen molar-refractivity contribution in [2.24, 2.45) is 5.10 Å². The molecule has 0 aliphatic rings. The fourth-order valence-electron chi connectivity index (χ4n) is 1.50. The van der Waals surface area contributed by atoms with Crippen LogP contribution in [-0.4, -0.2) is 25.9 Å². The molecule has 0 saturated carbocycles. The van der Waals surface area contributed by atoms with Gasteiger partial charge in [-0.15, -0.1) is 0 Å². The SMILES string of the molecule is Cc1cn(N=Cc2ccc([N+](=O)[O-])c(O)c2)c(N)n1. The van der Waals surface area contributed by atoms with E-state index in [-0.39, 0.29) is 11.6 Å². The molecule has 1 heterocycles. The fraction of sp³-hybridized carbons (Fsp3) is 0.0909. The molecule has 3 N–H and O–H groups in total. The van der Waals surface area contributed by atoms with Gasteiger partial charge in [-0.2, -0.15) is 5.10 Å². The molecular weight excluding hydrogens is 250 g/mol. The van der Waals surface area contributed by atoms with E-state index in [1.807, 2.05) is 0 Å². The van der Waals surface area contributed by atoms with Crippen molar-refractivity contribution in [3.63, 3.8) is 0 Å². The highest BCUT2D eigenvalue weighted by Gasteiger charge is 2.12. The molecule has 0 unspecified atom stereocenters. The Labute approximate surface area is 108 Å². The number of rotatable bonds is 3. The molecule has 2 rings (SSSR count). The van der Waals surface area contributed by atoms with Gasteiger partial charge in [0, 0.05) is 6.07 Å². The second-order valence-electron chi connectivity index (χ2n) is 3.83. The second kappa shape index (κ2) is 4.77. The number of nitrogens with two attached hydrogens (primary N) is 1. The minimum Gasteiger partial charge on any atom is -0.502 e. The topological polar surface area (TPSA) is 120 Å². The van der Waals surface area contributed by atoms with Crippen LogP contribution >= 0.6 is 0 Å². The summed E-state index contributed by atoms with van der Waals surface area (Å²) in [5.74, 6) is -0.177. The van der Waals surface area contributed by atoms with Gasteiger partial charge in [-0.05, 0) is 24.6 Å². The highest BCUT2D eigenvalue weighted by molar-refractivity contribution is 5.81. The number of anilines is 1. The quantitative estimate of drug-likeness (QED) is 0.489. The van der Waals surface area contributed by atoms with Crippen LogP contribution in [0.2, 0.25) is 0 Å². The van der Waals surface area contributed by atoms with E-state index in [0.717, 1.165) is 5.69 Å². The highest BCUT2D eigenvalue weighted by atomic mass is 16.6. The summed E-state index contributed by atoms with van der Waals surface area (Å²) in [7, 11) is 0. The van der Waals surface area contributed by atoms with Gasteiger partial charge in [0.25, 0.3) is 0 Å². The molecule has 0 saturated heterocycles. The van der Waals surface area contributed by atoms with E-state index in [1.54, 1.807) is 13.1 Å². The molecule has 2 aromatic rings. The number of nitro groups is 1. The lowest BCUT2D eigenvalue weighted by Gasteiger charge is -1.98. The Morgan fingerprint density at radius 2 is 2.32 bits per heavy atom. The smallest absolute Gasteiger partial charge is 0.310 e. The average Bonchev–Trinajstić information content (AvgIpc) is 2.65. The first-order valence-electron chi connectivity index (χ1n) is 5.30. The molecule has 0 aliphatic heterocycles. The van der Waals surface area contributed by atoms with E-state index in [1.165, 1.54) is 29.1 Å². The second-order valence-corrected chi connectivity index (χ2v) is 3.83. The van der Waals surface area contributed by atoms with Gasteiger partial charge in [-0.3, -0.25) is 10.1 Å². The summed E-state index contributed by atoms with van der Waals surface area (Å²) in [6.07, 6.45) is 3.05. The van der Waals surface area contributed by atoms with Crippen molar-refractivity contribution in [1.29, 1.82) is 0 Å². The maximum absolute atomic E-state index is 10.5. The molecule has 1 aromatic carbocycles. The van der Waals surface area contributed by atoms with Gasteiger partial charge < -0.3 is 10.8 Å². The molecule has 0 fully saturated rings. The summed E-state index contributed by atoms with van der Waals surface area (Å²) < 4.78 is 1.37. The van der Waals surface area contributed by atoms with Crippen LogP contribution in [0.1, 0.15) is 11.3 Å². The first-order valence-corrected chi connectivity index (χ1v) is 5.30. The number of nitrogens with zero attached hydrogens (tertiary/aromatic N) is 4. The molecule has 0 aliphatic carbocycles. The van der Waals surface area contributed by atoms with E-state index in [0.29, 0.717) is 5.56 Å². The minimum atomic E-state index is -0.659. The molecular formula is C11H11N5O3. The predicted octanol–water partition coefficient (Wildman–Crippen LogP) is 1.27. The normalized spacial score (nSPS) is 11.0. The Morgan fingerprint density at radius 3 is 2.84 bits per heavy atom. The Bertz CT molecular complexity index is 662. The number of hydrogen-bond donors (Lipinski definition) is 2. The summed E-state index contributed by atoms with van der Waals surface area (Å²) in [6, 6.07) is 3.93. The number of aromatic hydroxyl groups is 1. The Kier molecular flexibility index (Phi) is 3.15. The number of imidazole rings is 1. The Balaban J connectivity index is 2.27. The first kappa shape index (κ1) is 12.6. The molecule has 0 radical (unpaired) electrons. The Hall–Kier alpha value is -2.90. The molecule has 19 heavy (non-hydrogen) atoms. The first-order chi connectivity index (χ1) is 8.97. The zero-order chi connectivity index (χ0) is 14.0. The van der Waals surface area contributed by atoms with E-state index >= 15 is 0 Å². The van der Waals surface area contributed by atoms with Gasteiger partial charge in [0.2, 0.25) is 5.95 Å². The summed E-state index contributed by atoms with van der Waals surface area (Å²) in [4.78, 5) is 13.9. The van der Waals surface area contributed by atoms with E-state index in [9.17, 15) is 15.2 Å². The van der Waals surface area contributed by atoms with Crippen molar-refractivity contribution in [3.8, 4) is 5.75 Å². The molecule has 0 spiro atoms. The molecule has 8 heteroatoms. The van der Waals surface area contributed by atoms with Gasteiger partial charge in [-0.1, -0.05) is 0 Å². The third-order valence-corrected chi connectivity index (χ3v) is 2.36. The van der Waals surface area contributed by atoms with Crippen LogP contribution in [0.15, 0.2) is 29.5 Å². The standard InChI is InChI=1S/C11H11N5O3/c1-7-6-15(11(12)14-7)13-5-8-2-3-9(16(18)19)10(17)4-8/h2-6,17H,1H3,(H2,12,14). The largest absolute Gasteiger partial charge is 0.502 e. The number of aryl methyl sites for hydroxylation is 1. The number of nitrogen functional groups attached to an aromatic ring is 1. The van der Waals surface area contributed by atoms with E-state index in [4.69, 9.17) is 5.73 Å². The summed E-state index contributed by atoms with van der Waals surface area (Å²) in [5.41, 5.74) is 6.48. The van der Waals surface area contributed by atoms with Crippen LogP contribution in [-0.2, 0) is 0 Å². The molecule has 0 amide bonds. The molecule has 1 aromatic heterocycles. The van der Waals surface area contributed by atoms with Crippen LogP contribution in [0.25, 0.3) is 0 Å². The van der Waals surface area contributed by atoms with Crippen molar-refractivity contribution in [2.45, 2.75) is 6.92 Å². The number of aromatic nitrogens is 2. The summed E-state index contributed by atoms with van der Waals surface area (Å²) in [5, 5.41) is 24.0. The lowest BCUT2D eigenvalue weighted by Crippen LogP contribution is -1.97. The number of benzene rings is 1. The number of phenols is 1. The van der Waals surface area contributed by atoms with Crippen LogP contribution in [0, 0.1) is 17.0 Å². The van der Waals surface area contributed by atoms with Crippen molar-refractivity contribution in [1.82, 2.24) is 9.66 Å². The van der Waals surface area contributed by atoms with Crippen LogP contribution in [0.3, 0.4) is 0 Å². The third-order valence-electron chi connectivity index (χ3n) is 2.36. The van der Waals surface area contributed by atoms with Crippen LogP contribution in [0.4, 0.5) is 11.6 Å². The van der Waals surface area contributed by atoms with E-state index < -0.39 is 10.7 Å². The minimum absolute atomic E-state index is 0.236. The molecule has 98 valence electrons. The number of hydrogen-bond acceptors (Lipinski definition) is 6. The third kappa shape index (κ3) is 2.68. The number of phenolic OH excluding ortho intramolecular Hbond substituents is 1. The van der Waals surface area contributed by atoms with Crippen molar-refractivity contribution in [3.05, 3.63) is 45.8 Å². The number of nitro benzene ring substituents is 1. The maximum atomic E-state index is 10.5. The van der Waals surface area contributed by atoms with E-state index in [2.05, 4.69) is 10.1 Å². The Morgan fingerprint density at radius 1 is 1.58 bits per heavy atom. The molecule has 0 atom stereocenters. The van der Waals surface area contributed by atoms with Gasteiger partial charge in [0.05, 0.1) is 23.0 Å². The monoisotopic (exact) mass is 261 g/mol. The van der Waals surface area contributed by atoms with Crippen LogP contribution in [0.5, 0.6) is 5.75 Å². The zero-order valence-corrected chi connectivity index (χ0v) is 10.0. The van der Waals surface area contributed by atoms with Gasteiger partial charge in [-0.25, -0.2) is 9.66 Å². The molecule has 8 nitrogen and oxygen atoms in total. The average molecular weight is 261 g/mol. The summed E-state index contributed by atoms with van der Waals surface area (Å²) >= 11 is 0. The van der Waals surface area contributed by atoms with Gasteiger partial charge >= 0.3 is 5.69 Å². The van der Waals surface area contributed by atoms with Crippen molar-refractivity contribution in [2.75, 3.05) is 5.73 Å². The lowest BCUT2D eigenvalue weighted by atomic mass is 10.2. The summed E-state index contributed by atoms with van der Waals surface area (Å²) in [6.45, 7) is 1.78. The molecule has 0 bridgehead atoms. The fourth-order valence-corrected chi connectivity index (χ4v) is 1.50. The maximum Gasteiger partial charge on any atom is 0.310 e.